The first-order valence-electron chi connectivity index (χ1n) is 6.12. The highest BCUT2D eigenvalue weighted by Crippen LogP contribution is 2.22. The van der Waals surface area contributed by atoms with E-state index in [1.54, 1.807) is 4.52 Å². The minimum absolute atomic E-state index is 0.694. The molecular formula is C14H12ClIN4. The summed E-state index contributed by atoms with van der Waals surface area (Å²) in [7, 11) is 0. The van der Waals surface area contributed by atoms with Crippen molar-refractivity contribution < 1.29 is 0 Å². The van der Waals surface area contributed by atoms with Gasteiger partial charge in [-0.25, -0.2) is 9.50 Å². The monoisotopic (exact) mass is 398 g/mol. The Kier molecular flexibility index (Phi) is 3.80. The molecule has 102 valence electrons. The number of hydrogen-bond donors (Lipinski definition) is 1. The second kappa shape index (κ2) is 5.57. The van der Waals surface area contributed by atoms with Gasteiger partial charge in [0, 0.05) is 44.8 Å². The molecule has 0 saturated heterocycles. The van der Waals surface area contributed by atoms with Crippen molar-refractivity contribution in [2.24, 2.45) is 0 Å². The topological polar surface area (TPSA) is 42.2 Å². The van der Waals surface area contributed by atoms with Crippen molar-refractivity contribution in [2.45, 2.75) is 13.5 Å². The van der Waals surface area contributed by atoms with Crippen LogP contribution in [-0.4, -0.2) is 14.6 Å². The van der Waals surface area contributed by atoms with Crippen LogP contribution in [0, 0.1) is 10.5 Å². The van der Waals surface area contributed by atoms with Crippen LogP contribution in [0.25, 0.3) is 5.65 Å². The smallest absolute Gasteiger partial charge is 0.155 e. The number of nitrogens with one attached hydrogen (secondary N) is 1. The van der Waals surface area contributed by atoms with Crippen LogP contribution in [0.5, 0.6) is 0 Å². The number of fused-ring (bicyclic) bond motifs is 1. The van der Waals surface area contributed by atoms with E-state index in [-0.39, 0.29) is 0 Å². The molecule has 2 heterocycles. The fourth-order valence-corrected chi connectivity index (χ4v) is 3.02. The van der Waals surface area contributed by atoms with E-state index in [2.05, 4.69) is 38.0 Å². The largest absolute Gasteiger partial charge is 0.380 e. The number of anilines is 1. The van der Waals surface area contributed by atoms with Crippen LogP contribution in [0.3, 0.4) is 0 Å². The standard InChI is InChI=1S/C14H12ClIN4/c1-9-4-14-18-7-10(8-20(14)19-9)6-17-13-3-2-11(15)5-12(13)16/h2-5,7-8,17H,6H2,1H3. The first kappa shape index (κ1) is 13.6. The lowest BCUT2D eigenvalue weighted by Gasteiger charge is -2.09. The van der Waals surface area contributed by atoms with E-state index < -0.39 is 0 Å². The molecule has 0 atom stereocenters. The van der Waals surface area contributed by atoms with Crippen LogP contribution in [0.1, 0.15) is 11.3 Å². The molecule has 0 saturated carbocycles. The molecule has 0 amide bonds. The Bertz CT molecular complexity index is 769. The number of nitrogens with zero attached hydrogens (tertiary/aromatic N) is 3. The molecule has 4 nitrogen and oxygen atoms in total. The number of rotatable bonds is 3. The molecule has 0 radical (unpaired) electrons. The Labute approximate surface area is 135 Å². The average Bonchev–Trinajstić information content (AvgIpc) is 2.77. The fourth-order valence-electron chi connectivity index (χ4n) is 1.96. The lowest BCUT2D eigenvalue weighted by molar-refractivity contribution is 0.895. The molecule has 6 heteroatoms. The van der Waals surface area contributed by atoms with Gasteiger partial charge in [0.15, 0.2) is 5.65 Å². The Balaban J connectivity index is 1.79. The van der Waals surface area contributed by atoms with Gasteiger partial charge in [-0.15, -0.1) is 0 Å². The number of hydrogen-bond acceptors (Lipinski definition) is 3. The molecule has 0 bridgehead atoms. The van der Waals surface area contributed by atoms with Crippen molar-refractivity contribution in [1.29, 1.82) is 0 Å². The zero-order valence-electron chi connectivity index (χ0n) is 10.8. The van der Waals surface area contributed by atoms with Gasteiger partial charge in [-0.3, -0.25) is 0 Å². The third kappa shape index (κ3) is 2.88. The first-order valence-corrected chi connectivity index (χ1v) is 7.57. The third-order valence-corrected chi connectivity index (χ3v) is 4.03. The Morgan fingerprint density at radius 3 is 3.00 bits per heavy atom. The van der Waals surface area contributed by atoms with E-state index in [1.165, 1.54) is 0 Å². The van der Waals surface area contributed by atoms with E-state index in [0.717, 1.165) is 31.2 Å². The van der Waals surface area contributed by atoms with Gasteiger partial charge in [0.1, 0.15) is 0 Å². The van der Waals surface area contributed by atoms with Gasteiger partial charge < -0.3 is 5.32 Å². The average molecular weight is 399 g/mol. The summed E-state index contributed by atoms with van der Waals surface area (Å²) in [6.07, 6.45) is 3.86. The first-order chi connectivity index (χ1) is 9.61. The van der Waals surface area contributed by atoms with E-state index in [9.17, 15) is 0 Å². The predicted octanol–water partition coefficient (Wildman–Crippen LogP) is 3.91. The highest BCUT2D eigenvalue weighted by atomic mass is 127. The van der Waals surface area contributed by atoms with Crippen LogP contribution >= 0.6 is 34.2 Å². The van der Waals surface area contributed by atoms with Crippen molar-refractivity contribution in [2.75, 3.05) is 5.32 Å². The summed E-state index contributed by atoms with van der Waals surface area (Å²) in [6, 6.07) is 7.75. The van der Waals surface area contributed by atoms with Crippen molar-refractivity contribution in [3.63, 3.8) is 0 Å². The summed E-state index contributed by atoms with van der Waals surface area (Å²) in [6.45, 7) is 2.65. The molecule has 0 aliphatic rings. The van der Waals surface area contributed by atoms with Crippen molar-refractivity contribution in [3.05, 3.63) is 56.5 Å². The maximum Gasteiger partial charge on any atom is 0.155 e. The van der Waals surface area contributed by atoms with E-state index in [1.807, 2.05) is 43.6 Å². The van der Waals surface area contributed by atoms with Crippen LogP contribution < -0.4 is 5.32 Å². The Morgan fingerprint density at radius 2 is 2.20 bits per heavy atom. The zero-order chi connectivity index (χ0) is 14.1. The van der Waals surface area contributed by atoms with Crippen LogP contribution in [0.4, 0.5) is 5.69 Å². The molecule has 3 aromatic rings. The van der Waals surface area contributed by atoms with Gasteiger partial charge in [-0.2, -0.15) is 5.10 Å². The van der Waals surface area contributed by atoms with Crippen LogP contribution in [-0.2, 0) is 6.54 Å². The molecule has 0 unspecified atom stereocenters. The van der Waals surface area contributed by atoms with Gasteiger partial charge in [0.25, 0.3) is 0 Å². The van der Waals surface area contributed by atoms with Crippen LogP contribution in [0.2, 0.25) is 5.02 Å². The van der Waals surface area contributed by atoms with Gasteiger partial charge >= 0.3 is 0 Å². The highest BCUT2D eigenvalue weighted by Gasteiger charge is 2.03. The number of aryl methyl sites for hydroxylation is 1. The third-order valence-electron chi connectivity index (χ3n) is 2.90. The minimum atomic E-state index is 0.694. The molecule has 0 aliphatic carbocycles. The summed E-state index contributed by atoms with van der Waals surface area (Å²) in [5, 5.41) is 8.49. The molecule has 1 aromatic carbocycles. The SMILES string of the molecule is Cc1cc2ncc(CNc3ccc(Cl)cc3I)cn2n1. The summed E-state index contributed by atoms with van der Waals surface area (Å²) in [5.41, 5.74) is 3.97. The van der Waals surface area contributed by atoms with E-state index in [0.29, 0.717) is 6.54 Å². The number of aromatic nitrogens is 3. The van der Waals surface area contributed by atoms with E-state index in [4.69, 9.17) is 11.6 Å². The molecule has 2 aromatic heterocycles. The molecule has 0 aliphatic heterocycles. The fraction of sp³-hybridized carbons (Fsp3) is 0.143. The highest BCUT2D eigenvalue weighted by molar-refractivity contribution is 14.1. The molecule has 3 rings (SSSR count). The Hall–Kier alpha value is -1.34. The molecular weight excluding hydrogens is 387 g/mol. The van der Waals surface area contributed by atoms with Gasteiger partial charge in [-0.1, -0.05) is 11.6 Å². The molecule has 20 heavy (non-hydrogen) atoms. The second-order valence-corrected chi connectivity index (χ2v) is 6.13. The van der Waals surface area contributed by atoms with Gasteiger partial charge in [0.05, 0.1) is 5.69 Å². The normalized spacial score (nSPS) is 10.9. The number of benzene rings is 1. The maximum absolute atomic E-state index is 5.95. The molecule has 0 fully saturated rings. The lowest BCUT2D eigenvalue weighted by Crippen LogP contribution is -2.03. The van der Waals surface area contributed by atoms with E-state index >= 15 is 0 Å². The number of halogens is 2. The summed E-state index contributed by atoms with van der Waals surface area (Å²) in [5.74, 6) is 0. The molecule has 1 N–H and O–H groups in total. The van der Waals surface area contributed by atoms with Crippen molar-refractivity contribution >= 4 is 45.5 Å². The summed E-state index contributed by atoms with van der Waals surface area (Å²) < 4.78 is 2.90. The predicted molar refractivity (Wildman–Crippen MR) is 89.2 cm³/mol. The van der Waals surface area contributed by atoms with Gasteiger partial charge in [-0.05, 0) is 47.7 Å². The van der Waals surface area contributed by atoms with Gasteiger partial charge in [0.2, 0.25) is 0 Å². The minimum Gasteiger partial charge on any atom is -0.380 e. The second-order valence-electron chi connectivity index (χ2n) is 4.53. The summed E-state index contributed by atoms with van der Waals surface area (Å²) in [4.78, 5) is 4.39. The zero-order valence-corrected chi connectivity index (χ0v) is 13.7. The maximum atomic E-state index is 5.95. The van der Waals surface area contributed by atoms with Crippen molar-refractivity contribution in [1.82, 2.24) is 14.6 Å². The van der Waals surface area contributed by atoms with Crippen LogP contribution in [0.15, 0.2) is 36.7 Å². The van der Waals surface area contributed by atoms with Crippen molar-refractivity contribution in [3.8, 4) is 0 Å². The molecule has 0 spiro atoms. The quantitative estimate of drug-likeness (QED) is 0.680. The Morgan fingerprint density at radius 1 is 1.35 bits per heavy atom. The summed E-state index contributed by atoms with van der Waals surface area (Å²) >= 11 is 8.21. The lowest BCUT2D eigenvalue weighted by atomic mass is 10.3.